The smallest absolute Gasteiger partial charge is 0.244 e. The molecule has 120 valence electrons. The summed E-state index contributed by atoms with van der Waals surface area (Å²) in [7, 11) is 0. The van der Waals surface area contributed by atoms with Crippen molar-refractivity contribution >= 4 is 34.8 Å². The normalized spacial score (nSPS) is 10.3. The lowest BCUT2D eigenvalue weighted by atomic mass is 10.2. The van der Waals surface area contributed by atoms with Crippen LogP contribution in [0, 0.1) is 11.6 Å². The lowest BCUT2D eigenvalue weighted by molar-refractivity contribution is -0.120. The molecule has 0 radical (unpaired) electrons. The first-order chi connectivity index (χ1) is 10.9. The molecule has 0 fully saturated rings. The molecule has 0 saturated carbocycles. The minimum absolute atomic E-state index is 0.161. The van der Waals surface area contributed by atoms with Crippen LogP contribution >= 0.6 is 11.6 Å². The first-order valence-corrected chi connectivity index (χ1v) is 7.03. The zero-order valence-electron chi connectivity index (χ0n) is 12.1. The number of hydrogen-bond donors (Lipinski definition) is 1. The van der Waals surface area contributed by atoms with E-state index in [1.54, 1.807) is 18.2 Å². The maximum atomic E-state index is 13.5. The van der Waals surface area contributed by atoms with E-state index in [1.165, 1.54) is 17.9 Å². The zero-order valence-corrected chi connectivity index (χ0v) is 12.9. The molecule has 0 heterocycles. The Labute approximate surface area is 136 Å². The minimum Gasteiger partial charge on any atom is -0.322 e. The highest BCUT2D eigenvalue weighted by Crippen LogP contribution is 2.20. The molecule has 0 unspecified atom stereocenters. The van der Waals surface area contributed by atoms with Crippen molar-refractivity contribution in [3.8, 4) is 0 Å². The monoisotopic (exact) mass is 338 g/mol. The Balaban J connectivity index is 2.14. The van der Waals surface area contributed by atoms with E-state index in [9.17, 15) is 18.4 Å². The summed E-state index contributed by atoms with van der Waals surface area (Å²) in [5.74, 6) is -2.63. The Morgan fingerprint density at radius 2 is 1.91 bits per heavy atom. The molecule has 0 aromatic heterocycles. The number of carbonyl (C=O) groups is 2. The second-order valence-electron chi connectivity index (χ2n) is 4.76. The standard InChI is InChI=1S/C16H13ClF2N2O2/c1-10(22)21(13-4-2-3-11(17)7-13)9-16(23)20-15-6-5-12(18)8-14(15)19/h2-8H,9H2,1H3,(H,20,23). The van der Waals surface area contributed by atoms with Crippen LogP contribution < -0.4 is 10.2 Å². The first kappa shape index (κ1) is 16.9. The highest BCUT2D eigenvalue weighted by atomic mass is 35.5. The fourth-order valence-corrected chi connectivity index (χ4v) is 2.14. The summed E-state index contributed by atoms with van der Waals surface area (Å²) in [6.07, 6.45) is 0. The molecule has 2 rings (SSSR count). The molecule has 23 heavy (non-hydrogen) atoms. The van der Waals surface area contributed by atoms with Crippen LogP contribution in [0.1, 0.15) is 6.92 Å². The number of nitrogens with one attached hydrogen (secondary N) is 1. The van der Waals surface area contributed by atoms with Crippen molar-refractivity contribution in [2.45, 2.75) is 6.92 Å². The predicted molar refractivity (Wildman–Crippen MR) is 84.5 cm³/mol. The van der Waals surface area contributed by atoms with Gasteiger partial charge in [0.2, 0.25) is 11.8 Å². The average molecular weight is 339 g/mol. The van der Waals surface area contributed by atoms with Crippen molar-refractivity contribution in [2.24, 2.45) is 0 Å². The molecule has 0 spiro atoms. The number of rotatable bonds is 4. The maximum absolute atomic E-state index is 13.5. The molecule has 1 N–H and O–H groups in total. The van der Waals surface area contributed by atoms with E-state index in [1.807, 2.05) is 0 Å². The van der Waals surface area contributed by atoms with Gasteiger partial charge in [0, 0.05) is 23.7 Å². The van der Waals surface area contributed by atoms with Crippen molar-refractivity contribution in [1.82, 2.24) is 0 Å². The van der Waals surface area contributed by atoms with Crippen LogP contribution in [0.4, 0.5) is 20.2 Å². The molecule has 0 atom stereocenters. The molecule has 2 amide bonds. The van der Waals surface area contributed by atoms with Crippen molar-refractivity contribution < 1.29 is 18.4 Å². The van der Waals surface area contributed by atoms with Gasteiger partial charge >= 0.3 is 0 Å². The topological polar surface area (TPSA) is 49.4 Å². The fourth-order valence-electron chi connectivity index (χ4n) is 1.95. The zero-order chi connectivity index (χ0) is 17.0. The Morgan fingerprint density at radius 1 is 1.17 bits per heavy atom. The Bertz CT molecular complexity index is 753. The van der Waals surface area contributed by atoms with Crippen molar-refractivity contribution in [2.75, 3.05) is 16.8 Å². The third-order valence-electron chi connectivity index (χ3n) is 3.01. The number of amides is 2. The van der Waals surface area contributed by atoms with Crippen LogP contribution in [0.5, 0.6) is 0 Å². The fraction of sp³-hybridized carbons (Fsp3) is 0.125. The molecule has 7 heteroatoms. The van der Waals surface area contributed by atoms with Gasteiger partial charge in [0.1, 0.15) is 18.2 Å². The molecule has 2 aromatic carbocycles. The molecule has 0 aliphatic rings. The molecular weight excluding hydrogens is 326 g/mol. The average Bonchev–Trinajstić information content (AvgIpc) is 2.47. The molecular formula is C16H13ClF2N2O2. The van der Waals surface area contributed by atoms with E-state index < -0.39 is 17.5 Å². The SMILES string of the molecule is CC(=O)N(CC(=O)Nc1ccc(F)cc1F)c1cccc(Cl)c1. The number of halogens is 3. The van der Waals surface area contributed by atoms with Crippen LogP contribution in [-0.4, -0.2) is 18.4 Å². The lowest BCUT2D eigenvalue weighted by Gasteiger charge is -2.21. The van der Waals surface area contributed by atoms with Crippen LogP contribution in [0.2, 0.25) is 5.02 Å². The van der Waals surface area contributed by atoms with Crippen molar-refractivity contribution in [1.29, 1.82) is 0 Å². The molecule has 0 bridgehead atoms. The van der Waals surface area contributed by atoms with Gasteiger partial charge in [-0.2, -0.15) is 0 Å². The highest BCUT2D eigenvalue weighted by molar-refractivity contribution is 6.31. The molecule has 2 aromatic rings. The van der Waals surface area contributed by atoms with Gasteiger partial charge in [-0.3, -0.25) is 9.59 Å². The van der Waals surface area contributed by atoms with Crippen LogP contribution in [0.3, 0.4) is 0 Å². The summed E-state index contributed by atoms with van der Waals surface area (Å²) >= 11 is 5.87. The van der Waals surface area contributed by atoms with E-state index in [4.69, 9.17) is 11.6 Å². The van der Waals surface area contributed by atoms with Crippen LogP contribution in [0.15, 0.2) is 42.5 Å². The van der Waals surface area contributed by atoms with E-state index in [0.717, 1.165) is 12.1 Å². The number of hydrogen-bond acceptors (Lipinski definition) is 2. The number of nitrogens with zero attached hydrogens (tertiary/aromatic N) is 1. The predicted octanol–water partition coefficient (Wildman–Crippen LogP) is 3.61. The number of anilines is 2. The Kier molecular flexibility index (Phi) is 5.28. The summed E-state index contributed by atoms with van der Waals surface area (Å²) in [4.78, 5) is 25.0. The lowest BCUT2D eigenvalue weighted by Crippen LogP contribution is -2.36. The van der Waals surface area contributed by atoms with Gasteiger partial charge in [0.25, 0.3) is 0 Å². The van der Waals surface area contributed by atoms with Crippen LogP contribution in [-0.2, 0) is 9.59 Å². The summed E-state index contributed by atoms with van der Waals surface area (Å²) in [6.45, 7) is 0.971. The van der Waals surface area contributed by atoms with Gasteiger partial charge in [-0.1, -0.05) is 17.7 Å². The Morgan fingerprint density at radius 3 is 2.52 bits per heavy atom. The summed E-state index contributed by atoms with van der Waals surface area (Å²) in [5.41, 5.74) is 0.283. The summed E-state index contributed by atoms with van der Waals surface area (Å²) < 4.78 is 26.4. The van der Waals surface area contributed by atoms with Gasteiger partial charge in [-0.25, -0.2) is 8.78 Å². The van der Waals surface area contributed by atoms with Crippen molar-refractivity contribution in [3.05, 3.63) is 59.1 Å². The molecule has 0 aliphatic carbocycles. The summed E-state index contributed by atoms with van der Waals surface area (Å²) in [5, 5.41) is 2.72. The largest absolute Gasteiger partial charge is 0.322 e. The van der Waals surface area contributed by atoms with Crippen LogP contribution in [0.25, 0.3) is 0 Å². The van der Waals surface area contributed by atoms with Gasteiger partial charge in [0.05, 0.1) is 5.69 Å². The van der Waals surface area contributed by atoms with E-state index in [2.05, 4.69) is 5.32 Å². The second-order valence-corrected chi connectivity index (χ2v) is 5.19. The highest BCUT2D eigenvalue weighted by Gasteiger charge is 2.17. The third kappa shape index (κ3) is 4.50. The van der Waals surface area contributed by atoms with Gasteiger partial charge in [-0.05, 0) is 30.3 Å². The van der Waals surface area contributed by atoms with Crippen molar-refractivity contribution in [3.63, 3.8) is 0 Å². The number of carbonyl (C=O) groups excluding carboxylic acids is 2. The maximum Gasteiger partial charge on any atom is 0.244 e. The van der Waals surface area contributed by atoms with E-state index in [0.29, 0.717) is 16.8 Å². The van der Waals surface area contributed by atoms with Gasteiger partial charge < -0.3 is 10.2 Å². The minimum atomic E-state index is -0.893. The van der Waals surface area contributed by atoms with Gasteiger partial charge in [-0.15, -0.1) is 0 Å². The number of benzene rings is 2. The first-order valence-electron chi connectivity index (χ1n) is 6.65. The van der Waals surface area contributed by atoms with Gasteiger partial charge in [0.15, 0.2) is 0 Å². The summed E-state index contributed by atoms with van der Waals surface area (Å²) in [6, 6.07) is 9.24. The van der Waals surface area contributed by atoms with E-state index in [-0.39, 0.29) is 18.1 Å². The molecule has 0 aliphatic heterocycles. The third-order valence-corrected chi connectivity index (χ3v) is 3.24. The molecule has 0 saturated heterocycles. The Hall–Kier alpha value is -2.47. The quantitative estimate of drug-likeness (QED) is 0.925. The van der Waals surface area contributed by atoms with E-state index >= 15 is 0 Å². The molecule has 4 nitrogen and oxygen atoms in total. The second kappa shape index (κ2) is 7.19.